The van der Waals surface area contributed by atoms with Gasteiger partial charge in [-0.25, -0.2) is 0 Å². The summed E-state index contributed by atoms with van der Waals surface area (Å²) in [5.74, 6) is -0.0811. The molecular weight excluding hydrogens is 228 g/mol. The Morgan fingerprint density at radius 3 is 2.56 bits per heavy atom. The average Bonchev–Trinajstić information content (AvgIpc) is 2.79. The number of nitriles is 1. The average molecular weight is 250 g/mol. The summed E-state index contributed by atoms with van der Waals surface area (Å²) in [4.78, 5) is 12.3. The van der Waals surface area contributed by atoms with Gasteiger partial charge in [0.05, 0.1) is 12.2 Å². The van der Waals surface area contributed by atoms with Gasteiger partial charge in [-0.3, -0.25) is 4.79 Å². The Hall–Kier alpha value is -1.08. The first-order valence-corrected chi connectivity index (χ1v) is 7.08. The highest BCUT2D eigenvalue weighted by Gasteiger charge is 2.38. The molecule has 0 spiro atoms. The maximum Gasteiger partial charge on any atom is 0.240 e. The van der Waals surface area contributed by atoms with E-state index in [4.69, 9.17) is 4.74 Å². The molecule has 1 atom stereocenters. The van der Waals surface area contributed by atoms with Crippen LogP contribution in [0.3, 0.4) is 0 Å². The Kier molecular flexibility index (Phi) is 4.60. The van der Waals surface area contributed by atoms with Gasteiger partial charge in [-0.1, -0.05) is 25.7 Å². The number of nitrogens with zero attached hydrogens (tertiary/aromatic N) is 1. The molecule has 0 aromatic carbocycles. The SMILES string of the molecule is N#CC1(C(=O)NCC2CCCO2)CCCCCC1. The van der Waals surface area contributed by atoms with E-state index in [1.165, 1.54) is 0 Å². The van der Waals surface area contributed by atoms with Gasteiger partial charge in [0.15, 0.2) is 0 Å². The van der Waals surface area contributed by atoms with E-state index in [-0.39, 0.29) is 12.0 Å². The van der Waals surface area contributed by atoms with Gasteiger partial charge in [0.1, 0.15) is 5.41 Å². The lowest BCUT2D eigenvalue weighted by Crippen LogP contribution is -2.42. The normalized spacial score (nSPS) is 27.2. The lowest BCUT2D eigenvalue weighted by molar-refractivity contribution is -0.129. The predicted molar refractivity (Wildman–Crippen MR) is 67.7 cm³/mol. The second-order valence-corrected chi connectivity index (χ2v) is 5.45. The van der Waals surface area contributed by atoms with E-state index in [0.717, 1.165) is 45.1 Å². The van der Waals surface area contributed by atoms with Crippen LogP contribution >= 0.6 is 0 Å². The molecule has 0 aromatic rings. The van der Waals surface area contributed by atoms with Crippen molar-refractivity contribution in [3.8, 4) is 6.07 Å². The topological polar surface area (TPSA) is 62.1 Å². The van der Waals surface area contributed by atoms with Crippen LogP contribution in [-0.4, -0.2) is 25.2 Å². The van der Waals surface area contributed by atoms with Crippen molar-refractivity contribution in [2.75, 3.05) is 13.2 Å². The molecular formula is C14H22N2O2. The number of hydrogen-bond acceptors (Lipinski definition) is 3. The van der Waals surface area contributed by atoms with E-state index in [1.807, 2.05) is 0 Å². The van der Waals surface area contributed by atoms with Crippen LogP contribution in [0.25, 0.3) is 0 Å². The largest absolute Gasteiger partial charge is 0.376 e. The van der Waals surface area contributed by atoms with E-state index >= 15 is 0 Å². The fourth-order valence-corrected chi connectivity index (χ4v) is 2.90. The summed E-state index contributed by atoms with van der Waals surface area (Å²) < 4.78 is 5.48. The third-order valence-electron chi connectivity index (χ3n) is 4.12. The van der Waals surface area contributed by atoms with Crippen LogP contribution in [0.2, 0.25) is 0 Å². The molecule has 4 nitrogen and oxygen atoms in total. The minimum absolute atomic E-state index is 0.0811. The molecule has 2 fully saturated rings. The summed E-state index contributed by atoms with van der Waals surface area (Å²) in [6.45, 7) is 1.35. The molecule has 1 saturated carbocycles. The minimum Gasteiger partial charge on any atom is -0.376 e. The second-order valence-electron chi connectivity index (χ2n) is 5.45. The first kappa shape index (κ1) is 13.4. The smallest absolute Gasteiger partial charge is 0.240 e. The van der Waals surface area contributed by atoms with Crippen LogP contribution in [-0.2, 0) is 9.53 Å². The number of nitrogens with one attached hydrogen (secondary N) is 1. The zero-order valence-electron chi connectivity index (χ0n) is 10.9. The predicted octanol–water partition coefficient (Wildman–Crippen LogP) is 2.15. The molecule has 1 unspecified atom stereocenters. The number of hydrogen-bond donors (Lipinski definition) is 1. The Balaban J connectivity index is 1.89. The third kappa shape index (κ3) is 3.02. The monoisotopic (exact) mass is 250 g/mol. The molecule has 0 radical (unpaired) electrons. The summed E-state index contributed by atoms with van der Waals surface area (Å²) in [7, 11) is 0. The molecule has 0 bridgehead atoms. The first-order valence-electron chi connectivity index (χ1n) is 7.08. The summed E-state index contributed by atoms with van der Waals surface area (Å²) in [5, 5.41) is 12.3. The van der Waals surface area contributed by atoms with E-state index < -0.39 is 5.41 Å². The molecule has 1 heterocycles. The molecule has 4 heteroatoms. The maximum absolute atomic E-state index is 12.3. The number of carbonyl (C=O) groups excluding carboxylic acids is 1. The molecule has 18 heavy (non-hydrogen) atoms. The minimum atomic E-state index is -0.783. The van der Waals surface area contributed by atoms with Crippen LogP contribution in [0.4, 0.5) is 0 Å². The zero-order chi connectivity index (χ0) is 12.8. The highest BCUT2D eigenvalue weighted by molar-refractivity contribution is 5.85. The van der Waals surface area contributed by atoms with Crippen LogP contribution in [0.15, 0.2) is 0 Å². The van der Waals surface area contributed by atoms with Crippen molar-refractivity contribution in [3.63, 3.8) is 0 Å². The fraction of sp³-hybridized carbons (Fsp3) is 0.857. The molecule has 1 N–H and O–H groups in total. The van der Waals surface area contributed by atoms with Crippen LogP contribution in [0.5, 0.6) is 0 Å². The van der Waals surface area contributed by atoms with Gasteiger partial charge >= 0.3 is 0 Å². The quantitative estimate of drug-likeness (QED) is 0.781. The maximum atomic E-state index is 12.3. The highest BCUT2D eigenvalue weighted by atomic mass is 16.5. The molecule has 1 aliphatic carbocycles. The summed E-state index contributed by atoms with van der Waals surface area (Å²) in [6.07, 6.45) is 7.91. The number of amides is 1. The van der Waals surface area contributed by atoms with E-state index in [1.54, 1.807) is 0 Å². The lowest BCUT2D eigenvalue weighted by Gasteiger charge is -2.24. The first-order chi connectivity index (χ1) is 8.77. The standard InChI is InChI=1S/C14H22N2O2/c15-11-14(7-3-1-2-4-8-14)13(17)16-10-12-6-5-9-18-12/h12H,1-10H2,(H,16,17). The van der Waals surface area contributed by atoms with Crippen molar-refractivity contribution >= 4 is 5.91 Å². The fourth-order valence-electron chi connectivity index (χ4n) is 2.90. The van der Waals surface area contributed by atoms with Gasteiger partial charge in [-0.05, 0) is 25.7 Å². The Morgan fingerprint density at radius 2 is 2.00 bits per heavy atom. The van der Waals surface area contributed by atoms with Gasteiger partial charge in [0.25, 0.3) is 0 Å². The summed E-state index contributed by atoms with van der Waals surface area (Å²) in [6, 6.07) is 2.28. The van der Waals surface area contributed by atoms with Crippen molar-refractivity contribution < 1.29 is 9.53 Å². The third-order valence-corrected chi connectivity index (χ3v) is 4.12. The molecule has 2 rings (SSSR count). The lowest BCUT2D eigenvalue weighted by atomic mass is 9.81. The van der Waals surface area contributed by atoms with Crippen molar-refractivity contribution in [1.82, 2.24) is 5.32 Å². The van der Waals surface area contributed by atoms with E-state index in [9.17, 15) is 10.1 Å². The van der Waals surface area contributed by atoms with Gasteiger partial charge in [-0.2, -0.15) is 5.26 Å². The van der Waals surface area contributed by atoms with Gasteiger partial charge in [0, 0.05) is 13.2 Å². The van der Waals surface area contributed by atoms with Gasteiger partial charge in [0.2, 0.25) is 5.91 Å². The van der Waals surface area contributed by atoms with Crippen molar-refractivity contribution in [2.45, 2.75) is 57.5 Å². The van der Waals surface area contributed by atoms with E-state index in [2.05, 4.69) is 11.4 Å². The summed E-state index contributed by atoms with van der Waals surface area (Å²) >= 11 is 0. The number of rotatable bonds is 3. The van der Waals surface area contributed by atoms with Crippen LogP contribution < -0.4 is 5.32 Å². The molecule has 1 aliphatic heterocycles. The Bertz CT molecular complexity index is 321. The second kappa shape index (κ2) is 6.19. The molecule has 100 valence electrons. The number of ether oxygens (including phenoxy) is 1. The number of carbonyl (C=O) groups is 1. The molecule has 1 amide bonds. The van der Waals surface area contributed by atoms with Crippen molar-refractivity contribution in [1.29, 1.82) is 5.26 Å². The van der Waals surface area contributed by atoms with Crippen molar-refractivity contribution in [2.24, 2.45) is 5.41 Å². The summed E-state index contributed by atoms with van der Waals surface area (Å²) in [5.41, 5.74) is -0.783. The van der Waals surface area contributed by atoms with Crippen LogP contribution in [0, 0.1) is 16.7 Å². The van der Waals surface area contributed by atoms with Gasteiger partial charge < -0.3 is 10.1 Å². The molecule has 1 saturated heterocycles. The molecule has 2 aliphatic rings. The Morgan fingerprint density at radius 1 is 1.28 bits per heavy atom. The van der Waals surface area contributed by atoms with E-state index in [0.29, 0.717) is 19.4 Å². The Labute approximate surface area is 109 Å². The van der Waals surface area contributed by atoms with Crippen LogP contribution in [0.1, 0.15) is 51.4 Å². The highest BCUT2D eigenvalue weighted by Crippen LogP contribution is 2.34. The zero-order valence-corrected chi connectivity index (χ0v) is 10.9. The van der Waals surface area contributed by atoms with Crippen molar-refractivity contribution in [3.05, 3.63) is 0 Å². The molecule has 0 aromatic heterocycles. The van der Waals surface area contributed by atoms with Gasteiger partial charge in [-0.15, -0.1) is 0 Å².